The topological polar surface area (TPSA) is 58.1 Å². The minimum absolute atomic E-state index is 0.0683. The average Bonchev–Trinajstić information content (AvgIpc) is 2.85. The molecule has 0 bridgehead atoms. The van der Waals surface area contributed by atoms with E-state index in [9.17, 15) is 9.18 Å². The molecule has 6 heteroatoms. The summed E-state index contributed by atoms with van der Waals surface area (Å²) in [4.78, 5) is 24.4. The predicted molar refractivity (Wildman–Crippen MR) is 130 cm³/mol. The van der Waals surface area contributed by atoms with Crippen molar-refractivity contribution in [1.29, 1.82) is 0 Å². The highest BCUT2D eigenvalue weighted by atomic mass is 19.1. The highest BCUT2D eigenvalue weighted by Crippen LogP contribution is 2.28. The second kappa shape index (κ2) is 10.6. The summed E-state index contributed by atoms with van der Waals surface area (Å²) in [7, 11) is 0. The van der Waals surface area contributed by atoms with Gasteiger partial charge < -0.3 is 10.2 Å². The molecule has 1 aromatic heterocycles. The molecule has 0 spiro atoms. The van der Waals surface area contributed by atoms with Crippen LogP contribution in [0.25, 0.3) is 11.4 Å². The summed E-state index contributed by atoms with van der Waals surface area (Å²) < 4.78 is 13.4. The molecule has 0 saturated carbocycles. The van der Waals surface area contributed by atoms with Gasteiger partial charge in [0.15, 0.2) is 5.82 Å². The summed E-state index contributed by atoms with van der Waals surface area (Å²) in [5, 5.41) is 3.04. The van der Waals surface area contributed by atoms with Crippen LogP contribution in [-0.4, -0.2) is 35.0 Å². The third-order valence-corrected chi connectivity index (χ3v) is 6.39. The number of rotatable bonds is 7. The standard InChI is InChI=1S/C27H31FN4O/c1-3-19(2)30-27(33)24-18-29-25(22-9-11-23(28)12-10-22)31-26(24)32-15-13-21(14-16-32)17-20-7-5-4-6-8-20/h4-12,18-19,21H,3,13-17H2,1-2H3,(H,30,33)/t19-/m1/s1. The van der Waals surface area contributed by atoms with Crippen molar-refractivity contribution < 1.29 is 9.18 Å². The lowest BCUT2D eigenvalue weighted by Crippen LogP contribution is -2.38. The zero-order valence-corrected chi connectivity index (χ0v) is 19.3. The summed E-state index contributed by atoms with van der Waals surface area (Å²) >= 11 is 0. The Bertz CT molecular complexity index is 1060. The molecular formula is C27H31FN4O. The van der Waals surface area contributed by atoms with Gasteiger partial charge in [0, 0.05) is 30.9 Å². The first-order chi connectivity index (χ1) is 16.0. The van der Waals surface area contributed by atoms with E-state index >= 15 is 0 Å². The number of benzene rings is 2. The molecule has 4 rings (SSSR count). The van der Waals surface area contributed by atoms with E-state index < -0.39 is 0 Å². The Hall–Kier alpha value is -3.28. The van der Waals surface area contributed by atoms with Crippen LogP contribution in [0.5, 0.6) is 0 Å². The molecule has 5 nitrogen and oxygen atoms in total. The Morgan fingerprint density at radius 3 is 2.48 bits per heavy atom. The summed E-state index contributed by atoms with van der Waals surface area (Å²) in [5.74, 6) is 1.31. The van der Waals surface area contributed by atoms with Crippen molar-refractivity contribution in [2.24, 2.45) is 5.92 Å². The van der Waals surface area contributed by atoms with Gasteiger partial charge in [-0.25, -0.2) is 14.4 Å². The van der Waals surface area contributed by atoms with E-state index in [0.29, 0.717) is 23.1 Å². The van der Waals surface area contributed by atoms with Crippen molar-refractivity contribution in [3.63, 3.8) is 0 Å². The number of hydrogen-bond donors (Lipinski definition) is 1. The van der Waals surface area contributed by atoms with Crippen LogP contribution in [0.2, 0.25) is 0 Å². The quantitative estimate of drug-likeness (QED) is 0.537. The lowest BCUT2D eigenvalue weighted by Gasteiger charge is -2.34. The average molecular weight is 447 g/mol. The second-order valence-corrected chi connectivity index (χ2v) is 8.84. The molecule has 0 aliphatic carbocycles. The van der Waals surface area contributed by atoms with Gasteiger partial charge in [-0.1, -0.05) is 37.3 Å². The SMILES string of the molecule is CC[C@@H](C)NC(=O)c1cnc(-c2ccc(F)cc2)nc1N1CCC(Cc2ccccc2)CC1. The Labute approximate surface area is 195 Å². The van der Waals surface area contributed by atoms with Gasteiger partial charge in [-0.3, -0.25) is 4.79 Å². The fourth-order valence-corrected chi connectivity index (χ4v) is 4.21. The first kappa shape index (κ1) is 22.9. The summed E-state index contributed by atoms with van der Waals surface area (Å²) in [5.41, 5.74) is 2.58. The Balaban J connectivity index is 1.56. The minimum atomic E-state index is -0.302. The molecule has 1 amide bonds. The van der Waals surface area contributed by atoms with Gasteiger partial charge in [0.2, 0.25) is 0 Å². The van der Waals surface area contributed by atoms with Crippen molar-refractivity contribution in [1.82, 2.24) is 15.3 Å². The molecule has 1 saturated heterocycles. The van der Waals surface area contributed by atoms with E-state index in [1.54, 1.807) is 18.3 Å². The first-order valence-electron chi connectivity index (χ1n) is 11.8. The van der Waals surface area contributed by atoms with Crippen LogP contribution >= 0.6 is 0 Å². The van der Waals surface area contributed by atoms with Crippen molar-refractivity contribution >= 4 is 11.7 Å². The normalized spacial score (nSPS) is 15.3. The van der Waals surface area contributed by atoms with E-state index in [1.165, 1.54) is 17.7 Å². The van der Waals surface area contributed by atoms with Crippen LogP contribution in [0.1, 0.15) is 49.0 Å². The predicted octanol–water partition coefficient (Wildman–Crippen LogP) is 5.27. The Morgan fingerprint density at radius 2 is 1.82 bits per heavy atom. The Kier molecular flexibility index (Phi) is 7.33. The summed E-state index contributed by atoms with van der Waals surface area (Å²) in [6, 6.07) is 16.8. The zero-order valence-electron chi connectivity index (χ0n) is 19.3. The summed E-state index contributed by atoms with van der Waals surface area (Å²) in [6.07, 6.45) is 5.60. The molecule has 2 heterocycles. The number of nitrogens with one attached hydrogen (secondary N) is 1. The first-order valence-corrected chi connectivity index (χ1v) is 11.8. The molecule has 0 unspecified atom stereocenters. The van der Waals surface area contributed by atoms with E-state index in [-0.39, 0.29) is 17.8 Å². The smallest absolute Gasteiger partial charge is 0.256 e. The molecule has 1 aliphatic rings. The number of nitrogens with zero attached hydrogens (tertiary/aromatic N) is 3. The lowest BCUT2D eigenvalue weighted by molar-refractivity contribution is 0.0939. The fraction of sp³-hybridized carbons (Fsp3) is 0.370. The van der Waals surface area contributed by atoms with Crippen LogP contribution in [0.15, 0.2) is 60.8 Å². The van der Waals surface area contributed by atoms with E-state index in [2.05, 4.69) is 39.5 Å². The monoisotopic (exact) mass is 446 g/mol. The van der Waals surface area contributed by atoms with Gasteiger partial charge in [0.05, 0.1) is 0 Å². The fourth-order valence-electron chi connectivity index (χ4n) is 4.21. The summed E-state index contributed by atoms with van der Waals surface area (Å²) in [6.45, 7) is 5.69. The van der Waals surface area contributed by atoms with Crippen molar-refractivity contribution in [2.75, 3.05) is 18.0 Å². The van der Waals surface area contributed by atoms with Crippen LogP contribution < -0.4 is 10.2 Å². The molecule has 1 N–H and O–H groups in total. The van der Waals surface area contributed by atoms with E-state index in [4.69, 9.17) is 4.98 Å². The van der Waals surface area contributed by atoms with E-state index in [1.807, 2.05) is 19.9 Å². The molecule has 1 fully saturated rings. The molecule has 1 atom stereocenters. The molecular weight excluding hydrogens is 415 g/mol. The van der Waals surface area contributed by atoms with Crippen LogP contribution in [0.4, 0.5) is 10.2 Å². The number of anilines is 1. The van der Waals surface area contributed by atoms with Gasteiger partial charge in [-0.05, 0) is 68.4 Å². The van der Waals surface area contributed by atoms with Gasteiger partial charge in [-0.15, -0.1) is 0 Å². The van der Waals surface area contributed by atoms with Crippen LogP contribution in [0.3, 0.4) is 0 Å². The Morgan fingerprint density at radius 1 is 1.12 bits per heavy atom. The van der Waals surface area contributed by atoms with Crippen molar-refractivity contribution in [2.45, 2.75) is 45.6 Å². The van der Waals surface area contributed by atoms with Gasteiger partial charge in [0.25, 0.3) is 5.91 Å². The molecule has 1 aliphatic heterocycles. The number of piperidine rings is 1. The van der Waals surface area contributed by atoms with Crippen molar-refractivity contribution in [3.8, 4) is 11.4 Å². The second-order valence-electron chi connectivity index (χ2n) is 8.84. The highest BCUT2D eigenvalue weighted by molar-refractivity contribution is 5.99. The molecule has 2 aromatic carbocycles. The highest BCUT2D eigenvalue weighted by Gasteiger charge is 2.26. The maximum Gasteiger partial charge on any atom is 0.256 e. The number of aromatic nitrogens is 2. The lowest BCUT2D eigenvalue weighted by atomic mass is 9.90. The molecule has 33 heavy (non-hydrogen) atoms. The largest absolute Gasteiger partial charge is 0.356 e. The molecule has 172 valence electrons. The zero-order chi connectivity index (χ0) is 23.2. The van der Waals surface area contributed by atoms with Crippen molar-refractivity contribution in [3.05, 3.63) is 77.7 Å². The van der Waals surface area contributed by atoms with Gasteiger partial charge in [-0.2, -0.15) is 0 Å². The number of hydrogen-bond acceptors (Lipinski definition) is 4. The number of halogens is 1. The van der Waals surface area contributed by atoms with E-state index in [0.717, 1.165) is 44.3 Å². The minimum Gasteiger partial charge on any atom is -0.356 e. The third kappa shape index (κ3) is 5.75. The number of carbonyl (C=O) groups excluding carboxylic acids is 1. The maximum atomic E-state index is 13.4. The number of amides is 1. The molecule has 0 radical (unpaired) electrons. The maximum absolute atomic E-state index is 13.4. The van der Waals surface area contributed by atoms with Gasteiger partial charge >= 0.3 is 0 Å². The molecule has 3 aromatic rings. The van der Waals surface area contributed by atoms with Gasteiger partial charge in [0.1, 0.15) is 17.2 Å². The van der Waals surface area contributed by atoms with Crippen LogP contribution in [0, 0.1) is 11.7 Å². The van der Waals surface area contributed by atoms with Crippen LogP contribution in [-0.2, 0) is 6.42 Å². The third-order valence-electron chi connectivity index (χ3n) is 6.39. The number of carbonyl (C=O) groups is 1.